The third-order valence-electron chi connectivity index (χ3n) is 4.29. The Morgan fingerprint density at radius 2 is 2.08 bits per heavy atom. The van der Waals surface area contributed by atoms with E-state index in [0.29, 0.717) is 17.7 Å². The lowest BCUT2D eigenvalue weighted by Crippen LogP contribution is -2.47. The Morgan fingerprint density at radius 1 is 1.33 bits per heavy atom. The summed E-state index contributed by atoms with van der Waals surface area (Å²) in [6.45, 7) is 2.95. The summed E-state index contributed by atoms with van der Waals surface area (Å²) in [6, 6.07) is 7.78. The molecule has 1 aromatic carbocycles. The molecule has 2 rings (SSSR count). The molecule has 5 nitrogen and oxygen atoms in total. The summed E-state index contributed by atoms with van der Waals surface area (Å²) in [5.74, 6) is 0.632. The fraction of sp³-hybridized carbons (Fsp3) is 0.556. The zero-order valence-corrected chi connectivity index (χ0v) is 15.3. The lowest BCUT2D eigenvalue weighted by Gasteiger charge is -2.29. The molecule has 132 valence electrons. The average Bonchev–Trinajstić information content (AvgIpc) is 2.60. The molecule has 2 N–H and O–H groups in total. The van der Waals surface area contributed by atoms with Gasteiger partial charge in [0.05, 0.1) is 13.7 Å². The molecule has 0 bridgehead atoms. The lowest BCUT2D eigenvalue weighted by molar-refractivity contribution is -0.116. The van der Waals surface area contributed by atoms with Gasteiger partial charge >= 0.3 is 0 Å². The van der Waals surface area contributed by atoms with Crippen LogP contribution in [-0.4, -0.2) is 42.2 Å². The summed E-state index contributed by atoms with van der Waals surface area (Å²) in [4.78, 5) is 14.2. The Labute approximate surface area is 149 Å². The fourth-order valence-electron chi connectivity index (χ4n) is 2.91. The smallest absolute Gasteiger partial charge is 0.243 e. The maximum atomic E-state index is 12.3. The van der Waals surface area contributed by atoms with Crippen LogP contribution in [0.4, 0.5) is 5.69 Å². The predicted octanol–water partition coefficient (Wildman–Crippen LogP) is 3.16. The SMILES string of the molecule is CCN(CC(=O)Nc1cccc(OC)c1)C(=S)NC1CCCCC1. The van der Waals surface area contributed by atoms with E-state index in [1.807, 2.05) is 30.0 Å². The lowest BCUT2D eigenvalue weighted by atomic mass is 9.96. The number of nitrogens with zero attached hydrogens (tertiary/aromatic N) is 1. The number of hydrogen-bond acceptors (Lipinski definition) is 3. The quantitative estimate of drug-likeness (QED) is 0.773. The summed E-state index contributed by atoms with van der Waals surface area (Å²) < 4.78 is 5.17. The van der Waals surface area contributed by atoms with E-state index in [4.69, 9.17) is 17.0 Å². The Hall–Kier alpha value is -1.82. The maximum absolute atomic E-state index is 12.3. The van der Waals surface area contributed by atoms with Crippen molar-refractivity contribution in [1.29, 1.82) is 0 Å². The second-order valence-electron chi connectivity index (χ2n) is 6.08. The first kappa shape index (κ1) is 18.5. The van der Waals surface area contributed by atoms with E-state index in [9.17, 15) is 4.79 Å². The summed E-state index contributed by atoms with van der Waals surface area (Å²) in [5.41, 5.74) is 0.724. The normalized spacial score (nSPS) is 14.8. The Morgan fingerprint density at radius 3 is 2.75 bits per heavy atom. The van der Waals surface area contributed by atoms with Gasteiger partial charge in [-0.2, -0.15) is 0 Å². The summed E-state index contributed by atoms with van der Waals surface area (Å²) >= 11 is 5.49. The molecular formula is C18H27N3O2S. The van der Waals surface area contributed by atoms with Gasteiger partial charge in [-0.05, 0) is 44.1 Å². The second-order valence-corrected chi connectivity index (χ2v) is 6.47. The molecule has 0 saturated heterocycles. The molecular weight excluding hydrogens is 322 g/mol. The first-order chi connectivity index (χ1) is 11.6. The topological polar surface area (TPSA) is 53.6 Å². The van der Waals surface area contributed by atoms with Gasteiger partial charge in [0.25, 0.3) is 0 Å². The fourth-order valence-corrected chi connectivity index (χ4v) is 3.28. The summed E-state index contributed by atoms with van der Waals surface area (Å²) in [5, 5.41) is 6.98. The minimum atomic E-state index is -0.0853. The van der Waals surface area contributed by atoms with Crippen LogP contribution in [0.3, 0.4) is 0 Å². The summed E-state index contributed by atoms with van der Waals surface area (Å²) in [7, 11) is 1.61. The Kier molecular flexibility index (Phi) is 7.31. The number of benzene rings is 1. The highest BCUT2D eigenvalue weighted by atomic mass is 32.1. The number of rotatable bonds is 6. The van der Waals surface area contributed by atoms with Gasteiger partial charge in [0, 0.05) is 24.3 Å². The minimum absolute atomic E-state index is 0.0853. The van der Waals surface area contributed by atoms with Gasteiger partial charge in [0.1, 0.15) is 5.75 Å². The van der Waals surface area contributed by atoms with Crippen molar-refractivity contribution in [3.8, 4) is 5.75 Å². The molecule has 24 heavy (non-hydrogen) atoms. The number of nitrogens with one attached hydrogen (secondary N) is 2. The number of carbonyl (C=O) groups is 1. The first-order valence-electron chi connectivity index (χ1n) is 8.61. The zero-order chi connectivity index (χ0) is 17.4. The van der Waals surface area contributed by atoms with Crippen LogP contribution in [0, 0.1) is 0 Å². The third kappa shape index (κ3) is 5.67. The van der Waals surface area contributed by atoms with Gasteiger partial charge in [-0.3, -0.25) is 4.79 Å². The number of thiocarbonyl (C=S) groups is 1. The van der Waals surface area contributed by atoms with Crippen LogP contribution in [0.15, 0.2) is 24.3 Å². The van der Waals surface area contributed by atoms with E-state index in [2.05, 4.69) is 10.6 Å². The molecule has 6 heteroatoms. The molecule has 1 aliphatic rings. The second kappa shape index (κ2) is 9.47. The number of likely N-dealkylation sites (N-methyl/N-ethyl adjacent to an activating group) is 1. The van der Waals surface area contributed by atoms with E-state index < -0.39 is 0 Å². The maximum Gasteiger partial charge on any atom is 0.243 e. The highest BCUT2D eigenvalue weighted by Crippen LogP contribution is 2.18. The molecule has 1 amide bonds. The van der Waals surface area contributed by atoms with Gasteiger partial charge in [0.15, 0.2) is 5.11 Å². The van der Waals surface area contributed by atoms with Crippen molar-refractivity contribution in [2.45, 2.75) is 45.1 Å². The molecule has 0 atom stereocenters. The predicted molar refractivity (Wildman–Crippen MR) is 101 cm³/mol. The molecule has 0 heterocycles. The number of hydrogen-bond donors (Lipinski definition) is 2. The van der Waals surface area contributed by atoms with E-state index in [1.165, 1.54) is 19.3 Å². The van der Waals surface area contributed by atoms with Crippen LogP contribution < -0.4 is 15.4 Å². The van der Waals surface area contributed by atoms with Crippen LogP contribution in [-0.2, 0) is 4.79 Å². The minimum Gasteiger partial charge on any atom is -0.497 e. The van der Waals surface area contributed by atoms with Crippen molar-refractivity contribution in [3.63, 3.8) is 0 Å². The number of ether oxygens (including phenoxy) is 1. The van der Waals surface area contributed by atoms with Crippen molar-refractivity contribution in [3.05, 3.63) is 24.3 Å². The Bertz CT molecular complexity index is 559. The molecule has 0 radical (unpaired) electrons. The number of carbonyl (C=O) groups excluding carboxylic acids is 1. The molecule has 1 saturated carbocycles. The molecule has 0 aromatic heterocycles. The van der Waals surface area contributed by atoms with E-state index in [0.717, 1.165) is 24.3 Å². The van der Waals surface area contributed by atoms with Gasteiger partial charge in [-0.25, -0.2) is 0 Å². The largest absolute Gasteiger partial charge is 0.497 e. The summed E-state index contributed by atoms with van der Waals surface area (Å²) in [6.07, 6.45) is 6.14. The van der Waals surface area contributed by atoms with Crippen molar-refractivity contribution in [1.82, 2.24) is 10.2 Å². The number of amides is 1. The van der Waals surface area contributed by atoms with Gasteiger partial charge in [-0.15, -0.1) is 0 Å². The molecule has 0 spiro atoms. The van der Waals surface area contributed by atoms with Crippen molar-refractivity contribution in [2.24, 2.45) is 0 Å². The van der Waals surface area contributed by atoms with Gasteiger partial charge in [-0.1, -0.05) is 25.3 Å². The first-order valence-corrected chi connectivity index (χ1v) is 9.02. The van der Waals surface area contributed by atoms with Crippen LogP contribution >= 0.6 is 12.2 Å². The van der Waals surface area contributed by atoms with Crippen molar-refractivity contribution < 1.29 is 9.53 Å². The molecule has 1 fully saturated rings. The number of anilines is 1. The Balaban J connectivity index is 1.86. The van der Waals surface area contributed by atoms with Crippen LogP contribution in [0.25, 0.3) is 0 Å². The van der Waals surface area contributed by atoms with Crippen LogP contribution in [0.1, 0.15) is 39.0 Å². The van der Waals surface area contributed by atoms with Gasteiger partial charge in [0.2, 0.25) is 5.91 Å². The van der Waals surface area contributed by atoms with Crippen LogP contribution in [0.5, 0.6) is 5.75 Å². The monoisotopic (exact) mass is 349 g/mol. The highest BCUT2D eigenvalue weighted by molar-refractivity contribution is 7.80. The molecule has 0 aliphatic heterocycles. The van der Waals surface area contributed by atoms with E-state index >= 15 is 0 Å². The van der Waals surface area contributed by atoms with E-state index in [-0.39, 0.29) is 12.5 Å². The standard InChI is InChI=1S/C18H27N3O2S/c1-3-21(18(24)20-14-8-5-4-6-9-14)13-17(22)19-15-10-7-11-16(12-15)23-2/h7,10-12,14H,3-6,8-9,13H2,1-2H3,(H,19,22)(H,20,24). The molecule has 0 unspecified atom stereocenters. The van der Waals surface area contributed by atoms with Crippen molar-refractivity contribution >= 4 is 28.9 Å². The molecule has 1 aromatic rings. The molecule has 1 aliphatic carbocycles. The van der Waals surface area contributed by atoms with Crippen molar-refractivity contribution in [2.75, 3.05) is 25.5 Å². The zero-order valence-electron chi connectivity index (χ0n) is 14.5. The highest BCUT2D eigenvalue weighted by Gasteiger charge is 2.18. The number of methoxy groups -OCH3 is 1. The average molecular weight is 350 g/mol. The van der Waals surface area contributed by atoms with E-state index in [1.54, 1.807) is 13.2 Å². The van der Waals surface area contributed by atoms with Crippen LogP contribution in [0.2, 0.25) is 0 Å². The third-order valence-corrected chi connectivity index (χ3v) is 4.67. The van der Waals surface area contributed by atoms with Gasteiger partial charge < -0.3 is 20.3 Å².